The van der Waals surface area contributed by atoms with E-state index in [-0.39, 0.29) is 0 Å². The van der Waals surface area contributed by atoms with Gasteiger partial charge in [0, 0.05) is 12.2 Å². The first-order valence-electron chi connectivity index (χ1n) is 5.51. The molecular formula is C11H16IN3. The van der Waals surface area contributed by atoms with E-state index in [1.807, 2.05) is 6.20 Å². The topological polar surface area (TPSA) is 37.8 Å². The number of nitrogens with one attached hydrogen (secondary N) is 1. The van der Waals surface area contributed by atoms with Crippen LogP contribution in [-0.4, -0.2) is 16.0 Å². The van der Waals surface area contributed by atoms with Crippen molar-refractivity contribution in [3.05, 3.63) is 16.1 Å². The quantitative estimate of drug-likeness (QED) is 0.848. The fourth-order valence-electron chi connectivity index (χ4n) is 1.70. The highest BCUT2D eigenvalue weighted by Crippen LogP contribution is 2.34. The Morgan fingerprint density at radius 1 is 1.60 bits per heavy atom. The summed E-state index contributed by atoms with van der Waals surface area (Å²) in [6.45, 7) is 2.23. The Morgan fingerprint density at radius 3 is 3.00 bits per heavy atom. The Balaban J connectivity index is 1.95. The molecule has 0 aliphatic heterocycles. The van der Waals surface area contributed by atoms with E-state index in [1.165, 1.54) is 19.3 Å². The second kappa shape index (κ2) is 5.09. The lowest BCUT2D eigenvalue weighted by Crippen LogP contribution is -2.20. The molecule has 1 aromatic heterocycles. The molecule has 1 aliphatic rings. The van der Waals surface area contributed by atoms with Crippen molar-refractivity contribution in [3.63, 3.8) is 0 Å². The fourth-order valence-corrected chi connectivity index (χ4v) is 2.15. The van der Waals surface area contributed by atoms with Gasteiger partial charge in [-0.3, -0.25) is 0 Å². The van der Waals surface area contributed by atoms with E-state index in [0.29, 0.717) is 6.04 Å². The lowest BCUT2D eigenvalue weighted by molar-refractivity contribution is 0.584. The summed E-state index contributed by atoms with van der Waals surface area (Å²) in [5.41, 5.74) is 0. The van der Waals surface area contributed by atoms with Gasteiger partial charge >= 0.3 is 0 Å². The van der Waals surface area contributed by atoms with Gasteiger partial charge in [0.25, 0.3) is 0 Å². The smallest absolute Gasteiger partial charge is 0.143 e. The molecule has 1 unspecified atom stereocenters. The minimum atomic E-state index is 0.570. The van der Waals surface area contributed by atoms with Gasteiger partial charge in [-0.15, -0.1) is 0 Å². The van der Waals surface area contributed by atoms with Gasteiger partial charge in [-0.05, 0) is 41.4 Å². The van der Waals surface area contributed by atoms with Gasteiger partial charge in [0.1, 0.15) is 12.1 Å². The van der Waals surface area contributed by atoms with Crippen LogP contribution < -0.4 is 5.32 Å². The van der Waals surface area contributed by atoms with Crippen LogP contribution in [0.5, 0.6) is 0 Å². The molecule has 1 N–H and O–H groups in total. The van der Waals surface area contributed by atoms with Crippen molar-refractivity contribution < 1.29 is 0 Å². The van der Waals surface area contributed by atoms with E-state index >= 15 is 0 Å². The molecule has 0 spiro atoms. The van der Waals surface area contributed by atoms with Crippen molar-refractivity contribution >= 4 is 28.4 Å². The molecule has 4 heteroatoms. The van der Waals surface area contributed by atoms with E-state index in [0.717, 1.165) is 21.7 Å². The van der Waals surface area contributed by atoms with E-state index < -0.39 is 0 Å². The molecule has 0 radical (unpaired) electrons. The summed E-state index contributed by atoms with van der Waals surface area (Å²) < 4.78 is 1.10. The number of aromatic nitrogens is 2. The molecule has 0 bridgehead atoms. The molecule has 3 nitrogen and oxygen atoms in total. The van der Waals surface area contributed by atoms with Crippen LogP contribution in [0.4, 0.5) is 5.82 Å². The predicted molar refractivity (Wildman–Crippen MR) is 69.8 cm³/mol. The highest BCUT2D eigenvalue weighted by molar-refractivity contribution is 14.1. The molecule has 1 atom stereocenters. The summed E-state index contributed by atoms with van der Waals surface area (Å²) >= 11 is 2.27. The second-order valence-corrected chi connectivity index (χ2v) is 5.31. The third-order valence-corrected chi connectivity index (χ3v) is 3.61. The molecule has 0 aromatic carbocycles. The summed E-state index contributed by atoms with van der Waals surface area (Å²) in [7, 11) is 0. The number of anilines is 1. The normalized spacial score (nSPS) is 17.5. The molecule has 2 rings (SSSR count). The molecule has 1 saturated carbocycles. The molecule has 0 amide bonds. The SMILES string of the molecule is CCC(CC1CC1)Nc1ncncc1I. The molecule has 82 valence electrons. The Hall–Kier alpha value is -0.390. The summed E-state index contributed by atoms with van der Waals surface area (Å²) in [6, 6.07) is 0.570. The van der Waals surface area contributed by atoms with Crippen molar-refractivity contribution in [2.75, 3.05) is 5.32 Å². The molecule has 1 aliphatic carbocycles. The zero-order chi connectivity index (χ0) is 10.7. The van der Waals surface area contributed by atoms with Crippen LogP contribution in [0.3, 0.4) is 0 Å². The van der Waals surface area contributed by atoms with Crippen molar-refractivity contribution in [2.45, 2.75) is 38.6 Å². The number of rotatable bonds is 5. The lowest BCUT2D eigenvalue weighted by atomic mass is 10.1. The Kier molecular flexibility index (Phi) is 3.77. The minimum absolute atomic E-state index is 0.570. The summed E-state index contributed by atoms with van der Waals surface area (Å²) in [5.74, 6) is 1.94. The van der Waals surface area contributed by atoms with Crippen LogP contribution in [0, 0.1) is 9.49 Å². The van der Waals surface area contributed by atoms with Gasteiger partial charge in [0.2, 0.25) is 0 Å². The average Bonchev–Trinajstić information content (AvgIpc) is 3.04. The van der Waals surface area contributed by atoms with Gasteiger partial charge in [0.15, 0.2) is 0 Å². The first-order valence-corrected chi connectivity index (χ1v) is 6.59. The Morgan fingerprint density at radius 2 is 2.40 bits per heavy atom. The Labute approximate surface area is 104 Å². The first-order chi connectivity index (χ1) is 7.29. The number of halogens is 1. The van der Waals surface area contributed by atoms with Gasteiger partial charge in [-0.2, -0.15) is 0 Å². The van der Waals surface area contributed by atoms with Crippen LogP contribution in [-0.2, 0) is 0 Å². The van der Waals surface area contributed by atoms with Crippen molar-refractivity contribution in [1.82, 2.24) is 9.97 Å². The average molecular weight is 317 g/mol. The molecule has 1 heterocycles. The molecule has 15 heavy (non-hydrogen) atoms. The fraction of sp³-hybridized carbons (Fsp3) is 0.636. The second-order valence-electron chi connectivity index (χ2n) is 4.15. The third-order valence-electron chi connectivity index (χ3n) is 2.82. The summed E-state index contributed by atoms with van der Waals surface area (Å²) in [4.78, 5) is 8.26. The first kappa shape index (κ1) is 11.1. The zero-order valence-electron chi connectivity index (χ0n) is 8.91. The van der Waals surface area contributed by atoms with Crippen molar-refractivity contribution in [3.8, 4) is 0 Å². The predicted octanol–water partition coefficient (Wildman–Crippen LogP) is 3.07. The van der Waals surface area contributed by atoms with Gasteiger partial charge < -0.3 is 5.32 Å². The van der Waals surface area contributed by atoms with Gasteiger partial charge in [0.05, 0.1) is 3.57 Å². The van der Waals surface area contributed by atoms with Gasteiger partial charge in [-0.1, -0.05) is 19.8 Å². The standard InChI is InChI=1S/C11H16IN3/c1-2-9(5-8-3-4-8)15-11-10(12)6-13-7-14-11/h6-9H,2-5H2,1H3,(H,13,14,15). The number of hydrogen-bond donors (Lipinski definition) is 1. The maximum Gasteiger partial charge on any atom is 0.143 e. The van der Waals surface area contributed by atoms with Crippen molar-refractivity contribution in [2.24, 2.45) is 5.92 Å². The third kappa shape index (κ3) is 3.29. The molecule has 1 aromatic rings. The maximum atomic E-state index is 4.26. The highest BCUT2D eigenvalue weighted by atomic mass is 127. The highest BCUT2D eigenvalue weighted by Gasteiger charge is 2.24. The van der Waals surface area contributed by atoms with E-state index in [4.69, 9.17) is 0 Å². The zero-order valence-corrected chi connectivity index (χ0v) is 11.1. The lowest BCUT2D eigenvalue weighted by Gasteiger charge is -2.17. The minimum Gasteiger partial charge on any atom is -0.366 e. The number of hydrogen-bond acceptors (Lipinski definition) is 3. The molecule has 1 fully saturated rings. The van der Waals surface area contributed by atoms with E-state index in [1.54, 1.807) is 6.33 Å². The Bertz CT molecular complexity index is 325. The van der Waals surface area contributed by atoms with Crippen LogP contribution in [0.1, 0.15) is 32.6 Å². The van der Waals surface area contributed by atoms with Crippen LogP contribution in [0.25, 0.3) is 0 Å². The maximum absolute atomic E-state index is 4.26. The molecule has 0 saturated heterocycles. The van der Waals surface area contributed by atoms with E-state index in [2.05, 4.69) is 44.8 Å². The monoisotopic (exact) mass is 317 g/mol. The molecular weight excluding hydrogens is 301 g/mol. The largest absolute Gasteiger partial charge is 0.366 e. The van der Waals surface area contributed by atoms with Gasteiger partial charge in [-0.25, -0.2) is 9.97 Å². The van der Waals surface area contributed by atoms with Crippen LogP contribution in [0.15, 0.2) is 12.5 Å². The van der Waals surface area contributed by atoms with Crippen LogP contribution >= 0.6 is 22.6 Å². The van der Waals surface area contributed by atoms with E-state index in [9.17, 15) is 0 Å². The number of nitrogens with zero attached hydrogens (tertiary/aromatic N) is 2. The summed E-state index contributed by atoms with van der Waals surface area (Å²) in [5, 5.41) is 3.51. The van der Waals surface area contributed by atoms with Crippen molar-refractivity contribution in [1.29, 1.82) is 0 Å². The van der Waals surface area contributed by atoms with Crippen LogP contribution in [0.2, 0.25) is 0 Å². The summed E-state index contributed by atoms with van der Waals surface area (Å²) in [6.07, 6.45) is 8.74.